The van der Waals surface area contributed by atoms with Crippen molar-refractivity contribution >= 4 is 16.7 Å². The highest BCUT2D eigenvalue weighted by atomic mass is 15.3. The van der Waals surface area contributed by atoms with Gasteiger partial charge in [-0.2, -0.15) is 9.61 Å². The molecule has 0 amide bonds. The molecule has 6 nitrogen and oxygen atoms in total. The van der Waals surface area contributed by atoms with Gasteiger partial charge in [-0.3, -0.25) is 4.98 Å². The summed E-state index contributed by atoms with van der Waals surface area (Å²) in [4.78, 5) is 13.4. The smallest absolute Gasteiger partial charge is 0.165 e. The number of nitrogens with zero attached hydrogens (tertiary/aromatic N) is 4. The summed E-state index contributed by atoms with van der Waals surface area (Å²) < 4.78 is 1.94. The Bertz CT molecular complexity index is 1400. The molecule has 2 bridgehead atoms. The molecule has 0 aliphatic carbocycles. The second kappa shape index (κ2) is 7.00. The van der Waals surface area contributed by atoms with E-state index in [-0.39, 0.29) is 0 Å². The molecule has 158 valence electrons. The van der Waals surface area contributed by atoms with Gasteiger partial charge < -0.3 is 10.3 Å². The second-order valence-electron chi connectivity index (χ2n) is 9.13. The van der Waals surface area contributed by atoms with Crippen LogP contribution in [0.5, 0.6) is 0 Å². The minimum absolute atomic E-state index is 0.485. The molecule has 0 unspecified atom stereocenters. The van der Waals surface area contributed by atoms with Crippen LogP contribution >= 0.6 is 0 Å². The molecule has 6 heterocycles. The molecule has 2 N–H and O–H groups in total. The Balaban J connectivity index is 1.34. The monoisotopic (exact) mass is 420 g/mol. The first-order valence-corrected chi connectivity index (χ1v) is 11.5. The van der Waals surface area contributed by atoms with Crippen molar-refractivity contribution in [1.82, 2.24) is 29.9 Å². The van der Waals surface area contributed by atoms with Gasteiger partial charge in [0.2, 0.25) is 0 Å². The van der Waals surface area contributed by atoms with Crippen LogP contribution in [0.15, 0.2) is 67.1 Å². The molecule has 32 heavy (non-hydrogen) atoms. The van der Waals surface area contributed by atoms with Crippen LogP contribution in [0.4, 0.5) is 0 Å². The van der Waals surface area contributed by atoms with Gasteiger partial charge in [0, 0.05) is 52.5 Å². The predicted octanol–water partition coefficient (Wildman–Crippen LogP) is 4.94. The summed E-state index contributed by atoms with van der Waals surface area (Å²) in [6, 6.07) is 17.9. The summed E-state index contributed by atoms with van der Waals surface area (Å²) in [5, 5.41) is 9.64. The summed E-state index contributed by atoms with van der Waals surface area (Å²) in [5.41, 5.74) is 7.28. The second-order valence-corrected chi connectivity index (χ2v) is 9.13. The average Bonchev–Trinajstić information content (AvgIpc) is 3.57. The van der Waals surface area contributed by atoms with E-state index in [1.165, 1.54) is 23.9 Å². The summed E-state index contributed by atoms with van der Waals surface area (Å²) in [6.45, 7) is 0. The first kappa shape index (κ1) is 18.1. The minimum atomic E-state index is 0.485. The molecule has 2 aliphatic rings. The number of hydrogen-bond donors (Lipinski definition) is 2. The number of hydrogen-bond acceptors (Lipinski definition) is 4. The van der Waals surface area contributed by atoms with Gasteiger partial charge in [-0.1, -0.05) is 36.4 Å². The standard InChI is InChI=1S/C26H24N6/c1-2-4-16(5-3-1)23-9-6-17(14-28-23)22-15-29-32-25-21(10-11-27-25)24(31-26(22)32)18-12-19-7-8-20(13-18)30-19/h1-6,9-11,14-15,18-20,27,30H,7-8,12-13H2/t18-,19+,20-. The first-order valence-electron chi connectivity index (χ1n) is 11.5. The normalized spacial score (nSPS) is 22.7. The minimum Gasteiger partial charge on any atom is -0.346 e. The zero-order chi connectivity index (χ0) is 21.1. The third-order valence-electron chi connectivity index (χ3n) is 7.19. The fraction of sp³-hybridized carbons (Fsp3) is 0.269. The lowest BCUT2D eigenvalue weighted by atomic mass is 9.88. The van der Waals surface area contributed by atoms with E-state index in [4.69, 9.17) is 9.97 Å². The molecule has 7 rings (SSSR count). The Hall–Kier alpha value is -3.51. The number of aromatic amines is 1. The van der Waals surface area contributed by atoms with E-state index in [0.717, 1.165) is 46.5 Å². The number of rotatable bonds is 3. The molecule has 6 heteroatoms. The highest BCUT2D eigenvalue weighted by molar-refractivity contribution is 5.86. The summed E-state index contributed by atoms with van der Waals surface area (Å²) in [5.74, 6) is 0.485. The predicted molar refractivity (Wildman–Crippen MR) is 125 cm³/mol. The van der Waals surface area contributed by atoms with E-state index in [1.54, 1.807) is 0 Å². The van der Waals surface area contributed by atoms with Crippen LogP contribution in [0.1, 0.15) is 37.3 Å². The first-order chi connectivity index (χ1) is 15.8. The van der Waals surface area contributed by atoms with Crippen molar-refractivity contribution in [2.75, 3.05) is 0 Å². The Labute approximate surface area is 185 Å². The zero-order valence-corrected chi connectivity index (χ0v) is 17.7. The summed E-state index contributed by atoms with van der Waals surface area (Å²) in [7, 11) is 0. The molecular formula is C26H24N6. The van der Waals surface area contributed by atoms with E-state index < -0.39 is 0 Å². The Morgan fingerprint density at radius 3 is 2.50 bits per heavy atom. The van der Waals surface area contributed by atoms with E-state index in [9.17, 15) is 0 Å². The van der Waals surface area contributed by atoms with Crippen LogP contribution < -0.4 is 5.32 Å². The molecule has 0 spiro atoms. The molecule has 0 radical (unpaired) electrons. The number of fused-ring (bicyclic) bond motifs is 5. The van der Waals surface area contributed by atoms with E-state index >= 15 is 0 Å². The van der Waals surface area contributed by atoms with Crippen LogP contribution in [0.3, 0.4) is 0 Å². The topological polar surface area (TPSA) is 70.9 Å². The molecule has 0 saturated carbocycles. The fourth-order valence-corrected chi connectivity index (χ4v) is 5.66. The van der Waals surface area contributed by atoms with Crippen molar-refractivity contribution in [2.24, 2.45) is 0 Å². The molecule has 2 saturated heterocycles. The maximum atomic E-state index is 5.24. The van der Waals surface area contributed by atoms with Gasteiger partial charge in [0.15, 0.2) is 5.65 Å². The van der Waals surface area contributed by atoms with E-state index in [2.05, 4.69) is 45.7 Å². The molecule has 1 aromatic carbocycles. The molecule has 2 aliphatic heterocycles. The van der Waals surface area contributed by atoms with Crippen LogP contribution in [-0.2, 0) is 0 Å². The van der Waals surface area contributed by atoms with Crippen molar-refractivity contribution < 1.29 is 0 Å². The van der Waals surface area contributed by atoms with Crippen molar-refractivity contribution in [3.63, 3.8) is 0 Å². The quantitative estimate of drug-likeness (QED) is 0.434. The molecule has 5 aromatic rings. The highest BCUT2D eigenvalue weighted by Gasteiger charge is 2.35. The Kier molecular flexibility index (Phi) is 3.96. The highest BCUT2D eigenvalue weighted by Crippen LogP contribution is 2.39. The SMILES string of the molecule is c1ccc(-c2ccc(-c3cnn4c3nc([C@H]3C[C@H]5CC[C@@H](C3)N5)c3cc[nH]c34)cn2)cc1. The van der Waals surface area contributed by atoms with Gasteiger partial charge in [-0.15, -0.1) is 0 Å². The number of nitrogens with one attached hydrogen (secondary N) is 2. The third kappa shape index (κ3) is 2.79. The average molecular weight is 421 g/mol. The fourth-order valence-electron chi connectivity index (χ4n) is 5.66. The maximum Gasteiger partial charge on any atom is 0.165 e. The van der Waals surface area contributed by atoms with Gasteiger partial charge in [0.25, 0.3) is 0 Å². The van der Waals surface area contributed by atoms with Crippen LogP contribution in [-0.4, -0.2) is 36.6 Å². The van der Waals surface area contributed by atoms with Crippen molar-refractivity contribution in [3.05, 3.63) is 72.8 Å². The van der Waals surface area contributed by atoms with Crippen LogP contribution in [0.2, 0.25) is 0 Å². The van der Waals surface area contributed by atoms with Crippen molar-refractivity contribution in [2.45, 2.75) is 43.7 Å². The van der Waals surface area contributed by atoms with Crippen molar-refractivity contribution in [1.29, 1.82) is 0 Å². The maximum absolute atomic E-state index is 5.24. The van der Waals surface area contributed by atoms with Gasteiger partial charge in [0.1, 0.15) is 5.65 Å². The molecular weight excluding hydrogens is 396 g/mol. The lowest BCUT2D eigenvalue weighted by Crippen LogP contribution is -2.37. The number of benzene rings is 1. The van der Waals surface area contributed by atoms with E-state index in [1.807, 2.05) is 41.3 Å². The molecule has 3 atom stereocenters. The van der Waals surface area contributed by atoms with Gasteiger partial charge in [-0.05, 0) is 37.8 Å². The zero-order valence-electron chi connectivity index (χ0n) is 17.7. The number of piperidine rings is 1. The van der Waals surface area contributed by atoms with E-state index in [0.29, 0.717) is 18.0 Å². The number of pyridine rings is 1. The van der Waals surface area contributed by atoms with Crippen molar-refractivity contribution in [3.8, 4) is 22.4 Å². The van der Waals surface area contributed by atoms with Gasteiger partial charge in [-0.25, -0.2) is 4.98 Å². The lowest BCUT2D eigenvalue weighted by molar-refractivity contribution is 0.360. The largest absolute Gasteiger partial charge is 0.346 e. The molecule has 2 fully saturated rings. The summed E-state index contributed by atoms with van der Waals surface area (Å²) in [6.07, 6.45) is 10.8. The van der Waals surface area contributed by atoms with Gasteiger partial charge >= 0.3 is 0 Å². The van der Waals surface area contributed by atoms with Crippen LogP contribution in [0, 0.1) is 0 Å². The third-order valence-corrected chi connectivity index (χ3v) is 7.19. The molecule has 4 aromatic heterocycles. The number of aromatic nitrogens is 5. The van der Waals surface area contributed by atoms with Gasteiger partial charge in [0.05, 0.1) is 17.6 Å². The van der Waals surface area contributed by atoms with Crippen LogP contribution in [0.25, 0.3) is 39.1 Å². The lowest BCUT2D eigenvalue weighted by Gasteiger charge is -2.29. The summed E-state index contributed by atoms with van der Waals surface area (Å²) >= 11 is 0. The number of H-pyrrole nitrogens is 1. The Morgan fingerprint density at radius 2 is 1.72 bits per heavy atom. The Morgan fingerprint density at radius 1 is 0.875 bits per heavy atom.